The van der Waals surface area contributed by atoms with Gasteiger partial charge in [-0.25, -0.2) is 24.1 Å². The molecule has 3 aromatic heterocycles. The molecule has 1 aliphatic rings. The summed E-state index contributed by atoms with van der Waals surface area (Å²) >= 11 is 6.60. The highest BCUT2D eigenvalue weighted by Crippen LogP contribution is 2.35. The van der Waals surface area contributed by atoms with Crippen molar-refractivity contribution in [2.75, 3.05) is 23.3 Å². The number of rotatable bonds is 5. The fourth-order valence-corrected chi connectivity index (χ4v) is 5.13. The van der Waals surface area contributed by atoms with E-state index < -0.39 is 11.8 Å². The number of carbonyl (C=O) groups is 1. The van der Waals surface area contributed by atoms with E-state index >= 15 is 0 Å². The third-order valence-electron chi connectivity index (χ3n) is 6.95. The maximum Gasteiger partial charge on any atom is 0.319 e. The molecule has 1 fully saturated rings. The summed E-state index contributed by atoms with van der Waals surface area (Å²) in [6.45, 7) is 3.24. The number of hydrogen-bond acceptors (Lipinski definition) is 6. The number of amides is 2. The summed E-state index contributed by atoms with van der Waals surface area (Å²) in [6, 6.07) is 17.1. The van der Waals surface area contributed by atoms with E-state index in [1.807, 2.05) is 47.9 Å². The van der Waals surface area contributed by atoms with Gasteiger partial charge in [0.25, 0.3) is 0 Å². The Morgan fingerprint density at radius 3 is 2.52 bits per heavy atom. The predicted octanol–water partition coefficient (Wildman–Crippen LogP) is 5.77. The third-order valence-corrected chi connectivity index (χ3v) is 7.28. The Balaban J connectivity index is 1.27. The van der Waals surface area contributed by atoms with Crippen LogP contribution in [0.15, 0.2) is 73.2 Å². The van der Waals surface area contributed by atoms with Crippen molar-refractivity contribution in [1.82, 2.24) is 29.8 Å². The average molecular weight is 557 g/mol. The lowest BCUT2D eigenvalue weighted by molar-refractivity contribution is 0.246. The molecule has 9 nitrogen and oxygen atoms in total. The molecule has 6 rings (SSSR count). The first-order chi connectivity index (χ1) is 19.5. The van der Waals surface area contributed by atoms with Crippen molar-refractivity contribution in [3.8, 4) is 17.1 Å². The fraction of sp³-hybridized carbons (Fsp3) is 0.207. The van der Waals surface area contributed by atoms with E-state index in [2.05, 4.69) is 30.5 Å². The van der Waals surface area contributed by atoms with Crippen molar-refractivity contribution in [1.29, 1.82) is 0 Å². The maximum atomic E-state index is 13.9. The zero-order chi connectivity index (χ0) is 27.6. The van der Waals surface area contributed by atoms with Crippen LogP contribution in [-0.4, -0.2) is 49.7 Å². The Kier molecular flexibility index (Phi) is 7.00. The van der Waals surface area contributed by atoms with E-state index in [9.17, 15) is 9.18 Å². The SMILES string of the molecule is Cc1ccc(-n2c(-c3ccccc3Cl)nc3c(N4CCC(NC(=O)Nc5ccccc5F)CC4)ncnc32)cn1. The summed E-state index contributed by atoms with van der Waals surface area (Å²) in [4.78, 5) is 33.3. The smallest absolute Gasteiger partial charge is 0.319 e. The van der Waals surface area contributed by atoms with Crippen molar-refractivity contribution in [2.45, 2.75) is 25.8 Å². The van der Waals surface area contributed by atoms with Gasteiger partial charge in [-0.3, -0.25) is 9.55 Å². The summed E-state index contributed by atoms with van der Waals surface area (Å²) in [5, 5.41) is 6.12. The van der Waals surface area contributed by atoms with Gasteiger partial charge in [0.15, 0.2) is 17.0 Å². The minimum absolute atomic E-state index is 0.0600. The van der Waals surface area contributed by atoms with Gasteiger partial charge in [0.2, 0.25) is 0 Å². The second kappa shape index (κ2) is 10.9. The molecule has 11 heteroatoms. The van der Waals surface area contributed by atoms with E-state index in [-0.39, 0.29) is 11.7 Å². The number of nitrogens with zero attached hydrogens (tertiary/aromatic N) is 6. The number of aromatic nitrogens is 5. The Bertz CT molecular complexity index is 1680. The number of pyridine rings is 1. The number of aryl methyl sites for hydroxylation is 1. The van der Waals surface area contributed by atoms with Gasteiger partial charge in [0.05, 0.1) is 22.6 Å². The zero-order valence-corrected chi connectivity index (χ0v) is 22.4. The Morgan fingerprint density at radius 2 is 1.77 bits per heavy atom. The number of fused-ring (bicyclic) bond motifs is 1. The molecule has 202 valence electrons. The topological polar surface area (TPSA) is 101 Å². The van der Waals surface area contributed by atoms with Crippen molar-refractivity contribution in [3.05, 3.63) is 89.7 Å². The molecule has 2 amide bonds. The Morgan fingerprint density at radius 1 is 1.00 bits per heavy atom. The van der Waals surface area contributed by atoms with Crippen LogP contribution in [0.2, 0.25) is 5.02 Å². The number of hydrogen-bond donors (Lipinski definition) is 2. The lowest BCUT2D eigenvalue weighted by atomic mass is 10.1. The number of anilines is 2. The molecule has 0 spiro atoms. The fourth-order valence-electron chi connectivity index (χ4n) is 4.91. The van der Waals surface area contributed by atoms with Crippen molar-refractivity contribution in [2.24, 2.45) is 0 Å². The second-order valence-electron chi connectivity index (χ2n) is 9.62. The van der Waals surface area contributed by atoms with E-state index in [0.29, 0.717) is 53.8 Å². The molecule has 0 atom stereocenters. The molecule has 1 saturated heterocycles. The first-order valence-corrected chi connectivity index (χ1v) is 13.3. The number of urea groups is 1. The van der Waals surface area contributed by atoms with E-state index in [1.54, 1.807) is 24.7 Å². The number of piperidine rings is 1. The van der Waals surface area contributed by atoms with Crippen LogP contribution in [0, 0.1) is 12.7 Å². The molecule has 2 N–H and O–H groups in total. The minimum atomic E-state index is -0.475. The van der Waals surface area contributed by atoms with Crippen LogP contribution < -0.4 is 15.5 Å². The average Bonchev–Trinajstić information content (AvgIpc) is 3.35. The van der Waals surface area contributed by atoms with Crippen molar-refractivity contribution >= 4 is 40.3 Å². The van der Waals surface area contributed by atoms with Crippen molar-refractivity contribution < 1.29 is 9.18 Å². The summed E-state index contributed by atoms with van der Waals surface area (Å²) in [6.07, 6.45) is 4.72. The van der Waals surface area contributed by atoms with E-state index in [1.165, 1.54) is 12.1 Å². The van der Waals surface area contributed by atoms with Crippen LogP contribution in [-0.2, 0) is 0 Å². The molecule has 0 aliphatic carbocycles. The number of carbonyl (C=O) groups excluding carboxylic acids is 1. The van der Waals surface area contributed by atoms with Crippen LogP contribution in [0.3, 0.4) is 0 Å². The van der Waals surface area contributed by atoms with Crippen LogP contribution >= 0.6 is 11.6 Å². The summed E-state index contributed by atoms with van der Waals surface area (Å²) in [5.41, 5.74) is 3.95. The van der Waals surface area contributed by atoms with Gasteiger partial charge in [-0.15, -0.1) is 0 Å². The van der Waals surface area contributed by atoms with E-state index in [4.69, 9.17) is 16.6 Å². The lowest BCUT2D eigenvalue weighted by Crippen LogP contribution is -2.46. The van der Waals surface area contributed by atoms with Gasteiger partial charge < -0.3 is 15.5 Å². The molecule has 0 unspecified atom stereocenters. The first kappa shape index (κ1) is 25.7. The normalized spacial score (nSPS) is 13.9. The highest BCUT2D eigenvalue weighted by Gasteiger charge is 2.26. The summed E-state index contributed by atoms with van der Waals surface area (Å²) in [7, 11) is 0. The van der Waals surface area contributed by atoms with Gasteiger partial charge in [-0.1, -0.05) is 35.9 Å². The maximum absolute atomic E-state index is 13.9. The molecule has 4 heterocycles. The molecule has 0 radical (unpaired) electrons. The second-order valence-corrected chi connectivity index (χ2v) is 10.0. The standard InChI is InChI=1S/C29H26ClFN8O/c1-18-10-11-20(16-32-18)39-26(21-6-2-3-7-22(21)30)37-25-27(33-17-34-28(25)39)38-14-12-19(13-15-38)35-29(40)36-24-9-5-4-8-23(24)31/h2-11,16-17,19H,12-15H2,1H3,(H2,35,36,40). The molecule has 0 bridgehead atoms. The first-order valence-electron chi connectivity index (χ1n) is 13.0. The summed E-state index contributed by atoms with van der Waals surface area (Å²) < 4.78 is 15.9. The zero-order valence-electron chi connectivity index (χ0n) is 21.7. The van der Waals surface area contributed by atoms with Crippen molar-refractivity contribution in [3.63, 3.8) is 0 Å². The third kappa shape index (κ3) is 5.05. The Hall–Kier alpha value is -4.57. The van der Waals surface area contributed by atoms with Crippen LogP contribution in [0.4, 0.5) is 20.7 Å². The molecular weight excluding hydrogens is 531 g/mol. The number of para-hydroxylation sites is 1. The van der Waals surface area contributed by atoms with Gasteiger partial charge in [0.1, 0.15) is 18.0 Å². The highest BCUT2D eigenvalue weighted by atomic mass is 35.5. The number of benzene rings is 2. The molecule has 1 aliphatic heterocycles. The summed E-state index contributed by atoms with van der Waals surface area (Å²) in [5.74, 6) is 0.887. The molecule has 2 aromatic carbocycles. The molecular formula is C29H26ClFN8O. The minimum Gasteiger partial charge on any atom is -0.355 e. The number of nitrogens with one attached hydrogen (secondary N) is 2. The number of imidazole rings is 1. The quantitative estimate of drug-likeness (QED) is 0.285. The largest absolute Gasteiger partial charge is 0.355 e. The van der Waals surface area contributed by atoms with Gasteiger partial charge >= 0.3 is 6.03 Å². The van der Waals surface area contributed by atoms with Crippen LogP contribution in [0.25, 0.3) is 28.2 Å². The predicted molar refractivity (Wildman–Crippen MR) is 153 cm³/mol. The van der Waals surface area contributed by atoms with Gasteiger partial charge in [-0.05, 0) is 56.2 Å². The highest BCUT2D eigenvalue weighted by molar-refractivity contribution is 6.33. The number of halogens is 2. The van der Waals surface area contributed by atoms with E-state index in [0.717, 1.165) is 16.9 Å². The van der Waals surface area contributed by atoms with Gasteiger partial charge in [-0.2, -0.15) is 0 Å². The van der Waals surface area contributed by atoms with Crippen LogP contribution in [0.1, 0.15) is 18.5 Å². The molecule has 5 aromatic rings. The van der Waals surface area contributed by atoms with Gasteiger partial charge in [0, 0.05) is 30.4 Å². The lowest BCUT2D eigenvalue weighted by Gasteiger charge is -2.33. The Labute approximate surface area is 235 Å². The monoisotopic (exact) mass is 556 g/mol. The van der Waals surface area contributed by atoms with Crippen LogP contribution in [0.5, 0.6) is 0 Å². The molecule has 40 heavy (non-hydrogen) atoms. The molecule has 0 saturated carbocycles.